The third-order valence-corrected chi connectivity index (χ3v) is 4.74. The van der Waals surface area contributed by atoms with Gasteiger partial charge < -0.3 is 14.4 Å². The Morgan fingerprint density at radius 3 is 2.60 bits per heavy atom. The van der Waals surface area contributed by atoms with Crippen LogP contribution in [0.5, 0.6) is 0 Å². The van der Waals surface area contributed by atoms with Gasteiger partial charge in [0.05, 0.1) is 11.7 Å². The largest absolute Gasteiger partial charge is 0.457 e. The Hall–Kier alpha value is -0.850. The first kappa shape index (κ1) is 14.1. The zero-order valence-electron chi connectivity index (χ0n) is 11.3. The van der Waals surface area contributed by atoms with Gasteiger partial charge in [-0.1, -0.05) is 0 Å². The van der Waals surface area contributed by atoms with E-state index in [0.29, 0.717) is 23.3 Å². The van der Waals surface area contributed by atoms with Gasteiger partial charge in [-0.3, -0.25) is 9.69 Å². The molecule has 0 bridgehead atoms. The number of nitrogens with zero attached hydrogens (tertiary/aromatic N) is 2. The standard InChI is InChI=1S/C14H19BrN2O3/c15-13-8-10(9-20-13)14(19)17-6-4-16(5-7-17)11-2-1-3-12(11)18/h8-9,11-12,18H,1-7H2. The Morgan fingerprint density at radius 2 is 2.05 bits per heavy atom. The van der Waals surface area contributed by atoms with E-state index in [4.69, 9.17) is 4.42 Å². The predicted octanol–water partition coefficient (Wildman–Crippen LogP) is 1.71. The molecule has 110 valence electrons. The highest BCUT2D eigenvalue weighted by Crippen LogP contribution is 2.25. The van der Waals surface area contributed by atoms with Crippen LogP contribution in [-0.4, -0.2) is 59.1 Å². The lowest BCUT2D eigenvalue weighted by Crippen LogP contribution is -2.53. The van der Waals surface area contributed by atoms with Crippen molar-refractivity contribution in [3.05, 3.63) is 22.6 Å². The van der Waals surface area contributed by atoms with Crippen molar-refractivity contribution in [3.63, 3.8) is 0 Å². The second-order valence-corrected chi connectivity index (χ2v) is 6.31. The van der Waals surface area contributed by atoms with Gasteiger partial charge in [0.15, 0.2) is 4.67 Å². The molecule has 2 fully saturated rings. The van der Waals surface area contributed by atoms with Gasteiger partial charge in [-0.15, -0.1) is 0 Å². The van der Waals surface area contributed by atoms with Crippen LogP contribution in [0.15, 0.2) is 21.4 Å². The second-order valence-electron chi connectivity index (χ2n) is 5.53. The Morgan fingerprint density at radius 1 is 1.30 bits per heavy atom. The number of aliphatic hydroxyl groups is 1. The fourth-order valence-electron chi connectivity index (χ4n) is 3.21. The second kappa shape index (κ2) is 5.87. The van der Waals surface area contributed by atoms with E-state index in [-0.39, 0.29) is 18.1 Å². The monoisotopic (exact) mass is 342 g/mol. The number of halogens is 1. The van der Waals surface area contributed by atoms with Crippen LogP contribution in [0.3, 0.4) is 0 Å². The first-order chi connectivity index (χ1) is 9.65. The molecule has 1 saturated carbocycles. The molecule has 2 atom stereocenters. The molecule has 1 amide bonds. The molecule has 20 heavy (non-hydrogen) atoms. The Kier molecular flexibility index (Phi) is 4.14. The van der Waals surface area contributed by atoms with Crippen molar-refractivity contribution in [2.75, 3.05) is 26.2 Å². The van der Waals surface area contributed by atoms with E-state index >= 15 is 0 Å². The SMILES string of the molecule is O=C(c1coc(Br)c1)N1CCN(C2CCCC2O)CC1. The summed E-state index contributed by atoms with van der Waals surface area (Å²) in [7, 11) is 0. The number of hydrogen-bond donors (Lipinski definition) is 1. The minimum Gasteiger partial charge on any atom is -0.457 e. The van der Waals surface area contributed by atoms with Crippen LogP contribution < -0.4 is 0 Å². The molecule has 6 heteroatoms. The van der Waals surface area contributed by atoms with Gasteiger partial charge in [0.1, 0.15) is 6.26 Å². The number of furan rings is 1. The molecule has 1 aromatic rings. The maximum atomic E-state index is 12.3. The summed E-state index contributed by atoms with van der Waals surface area (Å²) in [5.74, 6) is 0.0195. The quantitative estimate of drug-likeness (QED) is 0.888. The zero-order chi connectivity index (χ0) is 14.1. The Labute approximate surface area is 126 Å². The molecule has 1 aliphatic carbocycles. The number of aliphatic hydroxyl groups excluding tert-OH is 1. The van der Waals surface area contributed by atoms with Crippen molar-refractivity contribution in [3.8, 4) is 0 Å². The number of hydrogen-bond acceptors (Lipinski definition) is 4. The Bertz CT molecular complexity index is 483. The van der Waals surface area contributed by atoms with Gasteiger partial charge in [0, 0.05) is 38.3 Å². The number of piperazine rings is 1. The summed E-state index contributed by atoms with van der Waals surface area (Å²) in [6, 6.07) is 1.99. The van der Waals surface area contributed by atoms with Crippen LogP contribution in [0.4, 0.5) is 0 Å². The number of carbonyl (C=O) groups excluding carboxylic acids is 1. The minimum atomic E-state index is -0.193. The van der Waals surface area contributed by atoms with E-state index in [9.17, 15) is 9.90 Å². The summed E-state index contributed by atoms with van der Waals surface area (Å²) in [5.41, 5.74) is 0.589. The van der Waals surface area contributed by atoms with Crippen molar-refractivity contribution < 1.29 is 14.3 Å². The van der Waals surface area contributed by atoms with Crippen molar-refractivity contribution in [2.45, 2.75) is 31.4 Å². The van der Waals surface area contributed by atoms with E-state index in [0.717, 1.165) is 32.4 Å². The lowest BCUT2D eigenvalue weighted by atomic mass is 10.1. The smallest absolute Gasteiger partial charge is 0.257 e. The first-order valence-corrected chi connectivity index (χ1v) is 7.90. The van der Waals surface area contributed by atoms with Gasteiger partial charge in [0.2, 0.25) is 0 Å². The summed E-state index contributed by atoms with van der Waals surface area (Å²) in [6.45, 7) is 3.11. The van der Waals surface area contributed by atoms with Crippen LogP contribution in [0.25, 0.3) is 0 Å². The topological polar surface area (TPSA) is 56.9 Å². The van der Waals surface area contributed by atoms with Crippen molar-refractivity contribution >= 4 is 21.8 Å². The van der Waals surface area contributed by atoms with E-state index in [1.807, 2.05) is 4.90 Å². The summed E-state index contributed by atoms with van der Waals surface area (Å²) in [4.78, 5) is 16.5. The summed E-state index contributed by atoms with van der Waals surface area (Å²) >= 11 is 3.21. The highest BCUT2D eigenvalue weighted by Gasteiger charge is 2.33. The lowest BCUT2D eigenvalue weighted by Gasteiger charge is -2.39. The highest BCUT2D eigenvalue weighted by molar-refractivity contribution is 9.10. The lowest BCUT2D eigenvalue weighted by molar-refractivity contribution is 0.0315. The number of rotatable bonds is 2. The third kappa shape index (κ3) is 2.77. The van der Waals surface area contributed by atoms with Crippen LogP contribution in [-0.2, 0) is 0 Å². The van der Waals surface area contributed by atoms with Crippen molar-refractivity contribution in [1.29, 1.82) is 0 Å². The highest BCUT2D eigenvalue weighted by atomic mass is 79.9. The van der Waals surface area contributed by atoms with E-state index in [1.165, 1.54) is 6.26 Å². The van der Waals surface area contributed by atoms with Crippen molar-refractivity contribution in [2.24, 2.45) is 0 Å². The molecule has 5 nitrogen and oxygen atoms in total. The average Bonchev–Trinajstić information content (AvgIpc) is 3.07. The third-order valence-electron chi connectivity index (χ3n) is 4.33. The molecule has 2 heterocycles. The molecule has 2 aliphatic rings. The summed E-state index contributed by atoms with van der Waals surface area (Å²) in [6.07, 6.45) is 4.38. The number of amides is 1. The van der Waals surface area contributed by atoms with E-state index < -0.39 is 0 Å². The predicted molar refractivity (Wildman–Crippen MR) is 77.5 cm³/mol. The maximum Gasteiger partial charge on any atom is 0.257 e. The van der Waals surface area contributed by atoms with Gasteiger partial charge >= 0.3 is 0 Å². The van der Waals surface area contributed by atoms with Crippen molar-refractivity contribution in [1.82, 2.24) is 9.80 Å². The molecule has 1 aliphatic heterocycles. The molecule has 1 aromatic heterocycles. The minimum absolute atomic E-state index is 0.0195. The first-order valence-electron chi connectivity index (χ1n) is 7.10. The fourth-order valence-corrected chi connectivity index (χ4v) is 3.55. The normalized spacial score (nSPS) is 28.0. The van der Waals surface area contributed by atoms with Gasteiger partial charge in [-0.2, -0.15) is 0 Å². The molecular formula is C14H19BrN2O3. The molecular weight excluding hydrogens is 324 g/mol. The number of carbonyl (C=O) groups is 1. The maximum absolute atomic E-state index is 12.3. The summed E-state index contributed by atoms with van der Waals surface area (Å²) < 4.78 is 5.70. The van der Waals surface area contributed by atoms with Gasteiger partial charge in [-0.25, -0.2) is 0 Å². The molecule has 1 saturated heterocycles. The zero-order valence-corrected chi connectivity index (χ0v) is 12.9. The van der Waals surface area contributed by atoms with Crippen LogP contribution in [0.1, 0.15) is 29.6 Å². The Balaban J connectivity index is 1.57. The molecule has 0 aromatic carbocycles. The van der Waals surface area contributed by atoms with Gasteiger partial charge in [-0.05, 0) is 35.2 Å². The molecule has 2 unspecified atom stereocenters. The van der Waals surface area contributed by atoms with E-state index in [1.54, 1.807) is 6.07 Å². The molecule has 0 spiro atoms. The van der Waals surface area contributed by atoms with Gasteiger partial charge in [0.25, 0.3) is 5.91 Å². The van der Waals surface area contributed by atoms with Crippen LogP contribution in [0, 0.1) is 0 Å². The fraction of sp³-hybridized carbons (Fsp3) is 0.643. The van der Waals surface area contributed by atoms with Crippen LogP contribution in [0.2, 0.25) is 0 Å². The molecule has 1 N–H and O–H groups in total. The summed E-state index contributed by atoms with van der Waals surface area (Å²) in [5, 5.41) is 9.96. The average molecular weight is 343 g/mol. The molecule has 0 radical (unpaired) electrons. The molecule has 3 rings (SSSR count). The van der Waals surface area contributed by atoms with Crippen LogP contribution >= 0.6 is 15.9 Å². The van der Waals surface area contributed by atoms with E-state index in [2.05, 4.69) is 20.8 Å².